The van der Waals surface area contributed by atoms with E-state index in [2.05, 4.69) is 10.1 Å². The highest BCUT2D eigenvalue weighted by molar-refractivity contribution is 5.69. The van der Waals surface area contributed by atoms with Crippen LogP contribution in [-0.4, -0.2) is 26.2 Å². The van der Waals surface area contributed by atoms with Crippen molar-refractivity contribution in [1.29, 1.82) is 0 Å². The monoisotopic (exact) mass is 185 g/mol. The van der Waals surface area contributed by atoms with Crippen LogP contribution in [0.2, 0.25) is 0 Å². The van der Waals surface area contributed by atoms with Crippen molar-refractivity contribution < 1.29 is 9.53 Å². The summed E-state index contributed by atoms with van der Waals surface area (Å²) in [6.45, 7) is 1.79. The molecule has 1 N–H and O–H groups in total. The molecular formula is C10H19NO2. The first kappa shape index (κ1) is 10.5. The van der Waals surface area contributed by atoms with E-state index in [1.807, 2.05) is 0 Å². The zero-order valence-electron chi connectivity index (χ0n) is 8.34. The molecule has 3 nitrogen and oxygen atoms in total. The molecule has 13 heavy (non-hydrogen) atoms. The highest BCUT2D eigenvalue weighted by atomic mass is 16.5. The Labute approximate surface area is 79.8 Å². The number of ether oxygens (including phenoxy) is 1. The van der Waals surface area contributed by atoms with Crippen molar-refractivity contribution in [2.75, 3.05) is 20.2 Å². The Morgan fingerprint density at radius 3 is 2.77 bits per heavy atom. The summed E-state index contributed by atoms with van der Waals surface area (Å²) in [5.74, 6) is 0.821. The van der Waals surface area contributed by atoms with Gasteiger partial charge in [0.1, 0.15) is 0 Å². The van der Waals surface area contributed by atoms with Gasteiger partial charge in [0.25, 0.3) is 0 Å². The first-order valence-electron chi connectivity index (χ1n) is 5.10. The first-order chi connectivity index (χ1) is 6.33. The van der Waals surface area contributed by atoms with Crippen molar-refractivity contribution in [3.63, 3.8) is 0 Å². The fourth-order valence-corrected chi connectivity index (χ4v) is 1.51. The van der Waals surface area contributed by atoms with E-state index in [1.165, 1.54) is 32.8 Å². The van der Waals surface area contributed by atoms with Gasteiger partial charge in [-0.25, -0.2) is 0 Å². The van der Waals surface area contributed by atoms with E-state index < -0.39 is 0 Å². The molecule has 0 aromatic heterocycles. The summed E-state index contributed by atoms with van der Waals surface area (Å²) in [5, 5.41) is 3.25. The highest BCUT2D eigenvalue weighted by Gasteiger charge is 2.16. The Hall–Kier alpha value is -0.570. The predicted molar refractivity (Wildman–Crippen MR) is 51.5 cm³/mol. The smallest absolute Gasteiger partial charge is 0.306 e. The maximum atomic E-state index is 10.7. The van der Waals surface area contributed by atoms with E-state index in [9.17, 15) is 4.79 Å². The van der Waals surface area contributed by atoms with Crippen LogP contribution in [0.15, 0.2) is 0 Å². The summed E-state index contributed by atoms with van der Waals surface area (Å²) in [5.41, 5.74) is 0. The number of hydrogen-bond donors (Lipinski definition) is 1. The Kier molecular flexibility index (Phi) is 4.83. The van der Waals surface area contributed by atoms with Crippen LogP contribution in [0.1, 0.15) is 32.1 Å². The van der Waals surface area contributed by atoms with Gasteiger partial charge in [0, 0.05) is 6.54 Å². The van der Waals surface area contributed by atoms with Crippen LogP contribution in [0.3, 0.4) is 0 Å². The van der Waals surface area contributed by atoms with Gasteiger partial charge in [0.15, 0.2) is 0 Å². The second kappa shape index (κ2) is 5.97. The number of rotatable bonds is 6. The molecule has 1 fully saturated rings. The first-order valence-corrected chi connectivity index (χ1v) is 5.10. The molecule has 1 rings (SSSR count). The quantitative estimate of drug-likeness (QED) is 0.501. The maximum Gasteiger partial charge on any atom is 0.306 e. The van der Waals surface area contributed by atoms with Gasteiger partial charge in [-0.05, 0) is 18.9 Å². The SMILES string of the molecule is COC(=O)CCNCCC1CCC1. The summed E-state index contributed by atoms with van der Waals surface area (Å²) in [7, 11) is 1.43. The summed E-state index contributed by atoms with van der Waals surface area (Å²) in [6, 6.07) is 0. The van der Waals surface area contributed by atoms with Gasteiger partial charge >= 0.3 is 5.97 Å². The molecule has 0 aliphatic heterocycles. The molecule has 1 aliphatic carbocycles. The second-order valence-corrected chi connectivity index (χ2v) is 3.66. The van der Waals surface area contributed by atoms with Crippen LogP contribution in [-0.2, 0) is 9.53 Å². The minimum absolute atomic E-state index is 0.129. The number of carbonyl (C=O) groups excluding carboxylic acids is 1. The summed E-state index contributed by atoms with van der Waals surface area (Å²) >= 11 is 0. The molecule has 0 radical (unpaired) electrons. The number of hydrogen-bond acceptors (Lipinski definition) is 3. The lowest BCUT2D eigenvalue weighted by atomic mass is 9.83. The minimum atomic E-state index is -0.129. The van der Waals surface area contributed by atoms with Crippen LogP contribution < -0.4 is 5.32 Å². The van der Waals surface area contributed by atoms with E-state index in [0.717, 1.165) is 19.0 Å². The van der Waals surface area contributed by atoms with Crippen LogP contribution in [0.5, 0.6) is 0 Å². The van der Waals surface area contributed by atoms with Gasteiger partial charge in [0.05, 0.1) is 13.5 Å². The Bertz CT molecular complexity index is 155. The third kappa shape index (κ3) is 4.27. The van der Waals surface area contributed by atoms with E-state index >= 15 is 0 Å². The molecule has 3 heteroatoms. The molecule has 0 unspecified atom stereocenters. The molecule has 0 heterocycles. The Morgan fingerprint density at radius 1 is 1.46 bits per heavy atom. The third-order valence-electron chi connectivity index (χ3n) is 2.69. The average Bonchev–Trinajstić information content (AvgIpc) is 2.07. The molecule has 0 aromatic carbocycles. The van der Waals surface area contributed by atoms with Crippen molar-refractivity contribution >= 4 is 5.97 Å². The molecule has 76 valence electrons. The minimum Gasteiger partial charge on any atom is -0.469 e. The Balaban J connectivity index is 1.80. The molecule has 0 aromatic rings. The van der Waals surface area contributed by atoms with Crippen LogP contribution in [0.25, 0.3) is 0 Å². The molecule has 1 aliphatic rings. The highest BCUT2D eigenvalue weighted by Crippen LogP contribution is 2.28. The summed E-state index contributed by atoms with van der Waals surface area (Å²) in [4.78, 5) is 10.7. The van der Waals surface area contributed by atoms with Crippen molar-refractivity contribution in [1.82, 2.24) is 5.32 Å². The fourth-order valence-electron chi connectivity index (χ4n) is 1.51. The molecule has 0 saturated heterocycles. The van der Waals surface area contributed by atoms with E-state index in [4.69, 9.17) is 0 Å². The van der Waals surface area contributed by atoms with Gasteiger partial charge in [0.2, 0.25) is 0 Å². The average molecular weight is 185 g/mol. The molecule has 0 atom stereocenters. The Morgan fingerprint density at radius 2 is 2.23 bits per heavy atom. The third-order valence-corrected chi connectivity index (χ3v) is 2.69. The lowest BCUT2D eigenvalue weighted by Crippen LogP contribution is -2.23. The van der Waals surface area contributed by atoms with Crippen molar-refractivity contribution in [3.8, 4) is 0 Å². The normalized spacial score (nSPS) is 16.7. The molecule has 1 saturated carbocycles. The van der Waals surface area contributed by atoms with E-state index in [1.54, 1.807) is 0 Å². The number of methoxy groups -OCH3 is 1. The molecule has 0 amide bonds. The lowest BCUT2D eigenvalue weighted by Gasteiger charge is -2.25. The summed E-state index contributed by atoms with van der Waals surface area (Å²) < 4.78 is 4.53. The lowest BCUT2D eigenvalue weighted by molar-refractivity contribution is -0.140. The molecular weight excluding hydrogens is 166 g/mol. The zero-order chi connectivity index (χ0) is 9.52. The molecule has 0 spiro atoms. The topological polar surface area (TPSA) is 38.3 Å². The number of esters is 1. The zero-order valence-corrected chi connectivity index (χ0v) is 8.34. The standard InChI is InChI=1S/C10H19NO2/c1-13-10(12)6-8-11-7-5-9-3-2-4-9/h9,11H,2-8H2,1H3. The second-order valence-electron chi connectivity index (χ2n) is 3.66. The predicted octanol–water partition coefficient (Wildman–Crippen LogP) is 1.33. The van der Waals surface area contributed by atoms with Crippen molar-refractivity contribution in [3.05, 3.63) is 0 Å². The van der Waals surface area contributed by atoms with Crippen LogP contribution in [0.4, 0.5) is 0 Å². The maximum absolute atomic E-state index is 10.7. The van der Waals surface area contributed by atoms with E-state index in [-0.39, 0.29) is 5.97 Å². The van der Waals surface area contributed by atoms with Crippen molar-refractivity contribution in [2.24, 2.45) is 5.92 Å². The largest absolute Gasteiger partial charge is 0.469 e. The number of nitrogens with one attached hydrogen (secondary N) is 1. The summed E-state index contributed by atoms with van der Waals surface area (Å²) in [6.07, 6.45) is 5.96. The molecule has 0 bridgehead atoms. The van der Waals surface area contributed by atoms with Gasteiger partial charge in [-0.2, -0.15) is 0 Å². The van der Waals surface area contributed by atoms with Gasteiger partial charge in [-0.3, -0.25) is 4.79 Å². The van der Waals surface area contributed by atoms with E-state index in [0.29, 0.717) is 6.42 Å². The van der Waals surface area contributed by atoms with Crippen LogP contribution in [0, 0.1) is 5.92 Å². The number of carbonyl (C=O) groups is 1. The van der Waals surface area contributed by atoms with Crippen LogP contribution >= 0.6 is 0 Å². The van der Waals surface area contributed by atoms with Crippen molar-refractivity contribution in [2.45, 2.75) is 32.1 Å². The van der Waals surface area contributed by atoms with Gasteiger partial charge < -0.3 is 10.1 Å². The van der Waals surface area contributed by atoms with Gasteiger partial charge in [-0.15, -0.1) is 0 Å². The fraction of sp³-hybridized carbons (Fsp3) is 0.900. The van der Waals surface area contributed by atoms with Gasteiger partial charge in [-0.1, -0.05) is 19.3 Å².